The Morgan fingerprint density at radius 3 is 2.17 bits per heavy atom. The van der Waals surface area contributed by atoms with Crippen molar-refractivity contribution in [2.75, 3.05) is 0 Å². The maximum absolute atomic E-state index is 12.9. The summed E-state index contributed by atoms with van der Waals surface area (Å²) >= 11 is 0. The van der Waals surface area contributed by atoms with Crippen molar-refractivity contribution in [3.05, 3.63) is 42.0 Å². The molecule has 1 aliphatic rings. The van der Waals surface area contributed by atoms with Gasteiger partial charge in [-0.3, -0.25) is 14.4 Å². The van der Waals surface area contributed by atoms with Crippen molar-refractivity contribution >= 4 is 23.8 Å². The first-order valence-corrected chi connectivity index (χ1v) is 9.92. The molecule has 0 aliphatic heterocycles. The highest BCUT2D eigenvalue weighted by Crippen LogP contribution is 2.42. The van der Waals surface area contributed by atoms with Crippen molar-refractivity contribution in [2.45, 2.75) is 58.8 Å². The molecule has 0 unspecified atom stereocenters. The quantitative estimate of drug-likeness (QED) is 0.581. The Balaban J connectivity index is 2.50. The molecule has 158 valence electrons. The van der Waals surface area contributed by atoms with Gasteiger partial charge in [-0.25, -0.2) is 0 Å². The highest BCUT2D eigenvalue weighted by Gasteiger charge is 2.56. The summed E-state index contributed by atoms with van der Waals surface area (Å²) in [6.07, 6.45) is 2.26. The van der Waals surface area contributed by atoms with E-state index < -0.39 is 53.3 Å². The summed E-state index contributed by atoms with van der Waals surface area (Å²) in [6.45, 7) is 8.24. The SMILES string of the molecule is CC(C)OC(=O)[C@@H]1C(=O)C[C@](C)(O)[C@H](C(=O)OC(C)C)[C@H]1/C=C/c1ccccc1. The van der Waals surface area contributed by atoms with Gasteiger partial charge in [-0.15, -0.1) is 0 Å². The average Bonchev–Trinajstić information content (AvgIpc) is 2.58. The van der Waals surface area contributed by atoms with E-state index in [0.717, 1.165) is 5.56 Å². The van der Waals surface area contributed by atoms with E-state index in [0.29, 0.717) is 0 Å². The summed E-state index contributed by atoms with van der Waals surface area (Å²) in [6, 6.07) is 9.32. The van der Waals surface area contributed by atoms with Crippen LogP contribution in [0.25, 0.3) is 6.08 Å². The first kappa shape index (κ1) is 22.8. The Kier molecular flexibility index (Phi) is 7.36. The molecule has 4 atom stereocenters. The van der Waals surface area contributed by atoms with Crippen LogP contribution in [0, 0.1) is 17.8 Å². The van der Waals surface area contributed by atoms with E-state index in [4.69, 9.17) is 9.47 Å². The molecule has 1 fully saturated rings. The van der Waals surface area contributed by atoms with Crippen LogP contribution in [0.15, 0.2) is 36.4 Å². The van der Waals surface area contributed by atoms with Gasteiger partial charge in [0.05, 0.1) is 23.7 Å². The lowest BCUT2D eigenvalue weighted by Gasteiger charge is -2.42. The Bertz CT molecular complexity index is 755. The van der Waals surface area contributed by atoms with Crippen LogP contribution >= 0.6 is 0 Å². The van der Waals surface area contributed by atoms with Gasteiger partial charge in [0, 0.05) is 12.3 Å². The number of carbonyl (C=O) groups is 3. The van der Waals surface area contributed by atoms with Crippen molar-refractivity contribution in [1.82, 2.24) is 0 Å². The van der Waals surface area contributed by atoms with Crippen molar-refractivity contribution in [3.8, 4) is 0 Å². The van der Waals surface area contributed by atoms with E-state index in [9.17, 15) is 19.5 Å². The summed E-state index contributed by atoms with van der Waals surface area (Å²) in [5, 5.41) is 10.9. The van der Waals surface area contributed by atoms with E-state index in [1.165, 1.54) is 6.92 Å². The van der Waals surface area contributed by atoms with Gasteiger partial charge in [-0.2, -0.15) is 0 Å². The first-order chi connectivity index (χ1) is 13.5. The van der Waals surface area contributed by atoms with Crippen molar-refractivity contribution in [2.24, 2.45) is 17.8 Å². The minimum Gasteiger partial charge on any atom is -0.463 e. The summed E-state index contributed by atoms with van der Waals surface area (Å²) < 4.78 is 10.6. The highest BCUT2D eigenvalue weighted by atomic mass is 16.5. The lowest BCUT2D eigenvalue weighted by molar-refractivity contribution is -0.178. The lowest BCUT2D eigenvalue weighted by Crippen LogP contribution is -2.56. The van der Waals surface area contributed by atoms with Crippen LogP contribution in [0.2, 0.25) is 0 Å². The third-order valence-electron chi connectivity index (χ3n) is 4.84. The molecule has 1 aromatic rings. The second-order valence-corrected chi connectivity index (χ2v) is 8.27. The van der Waals surface area contributed by atoms with Crippen LogP contribution in [-0.2, 0) is 23.9 Å². The largest absolute Gasteiger partial charge is 0.463 e. The third-order valence-corrected chi connectivity index (χ3v) is 4.84. The smallest absolute Gasteiger partial charge is 0.317 e. The number of benzene rings is 1. The Morgan fingerprint density at radius 1 is 1.07 bits per heavy atom. The number of rotatable bonds is 6. The molecular formula is C23H30O6. The number of ether oxygens (including phenoxy) is 2. The molecule has 0 bridgehead atoms. The van der Waals surface area contributed by atoms with Gasteiger partial charge in [-0.05, 0) is 40.2 Å². The molecule has 29 heavy (non-hydrogen) atoms. The zero-order valence-electron chi connectivity index (χ0n) is 17.6. The Hall–Kier alpha value is -2.47. The minimum absolute atomic E-state index is 0.321. The summed E-state index contributed by atoms with van der Waals surface area (Å²) in [5.74, 6) is -4.91. The monoisotopic (exact) mass is 402 g/mol. The zero-order valence-corrected chi connectivity index (χ0v) is 17.6. The van der Waals surface area contributed by atoms with Crippen molar-refractivity contribution in [1.29, 1.82) is 0 Å². The number of esters is 2. The molecule has 1 saturated carbocycles. The molecular weight excluding hydrogens is 372 g/mol. The second-order valence-electron chi connectivity index (χ2n) is 8.27. The molecule has 1 aliphatic carbocycles. The van der Waals surface area contributed by atoms with Gasteiger partial charge in [0.25, 0.3) is 0 Å². The third kappa shape index (κ3) is 5.76. The fourth-order valence-electron chi connectivity index (χ4n) is 3.71. The van der Waals surface area contributed by atoms with Gasteiger partial charge in [0.15, 0.2) is 5.78 Å². The molecule has 1 N–H and O–H groups in total. The maximum Gasteiger partial charge on any atom is 0.317 e. The predicted molar refractivity (Wildman–Crippen MR) is 109 cm³/mol. The molecule has 6 nitrogen and oxygen atoms in total. The van der Waals surface area contributed by atoms with Crippen LogP contribution in [0.4, 0.5) is 0 Å². The summed E-state index contributed by atoms with van der Waals surface area (Å²) in [4.78, 5) is 38.4. The van der Waals surface area contributed by atoms with Crippen LogP contribution < -0.4 is 0 Å². The first-order valence-electron chi connectivity index (χ1n) is 9.92. The molecule has 0 aromatic heterocycles. The van der Waals surface area contributed by atoms with Gasteiger partial charge >= 0.3 is 11.9 Å². The number of Topliss-reactive ketones (excluding diaryl/α,β-unsaturated/α-hetero) is 1. The predicted octanol–water partition coefficient (Wildman–Crippen LogP) is 3.18. The van der Waals surface area contributed by atoms with Crippen LogP contribution in [0.3, 0.4) is 0 Å². The molecule has 0 saturated heterocycles. The minimum atomic E-state index is -1.64. The number of hydrogen-bond donors (Lipinski definition) is 1. The molecule has 6 heteroatoms. The fourth-order valence-corrected chi connectivity index (χ4v) is 3.71. The number of allylic oxidation sites excluding steroid dienone is 1. The number of ketones is 1. The van der Waals surface area contributed by atoms with Crippen LogP contribution in [0.1, 0.15) is 46.6 Å². The summed E-state index contributed by atoms with van der Waals surface area (Å²) in [7, 11) is 0. The van der Waals surface area contributed by atoms with Crippen LogP contribution in [0.5, 0.6) is 0 Å². The topological polar surface area (TPSA) is 89.9 Å². The Morgan fingerprint density at radius 2 is 1.62 bits per heavy atom. The molecule has 0 spiro atoms. The van der Waals surface area contributed by atoms with E-state index in [2.05, 4.69) is 0 Å². The molecule has 1 aromatic carbocycles. The molecule has 2 rings (SSSR count). The van der Waals surface area contributed by atoms with Crippen LogP contribution in [-0.4, -0.2) is 40.6 Å². The van der Waals surface area contributed by atoms with Gasteiger partial charge < -0.3 is 14.6 Å². The number of aliphatic hydroxyl groups is 1. The molecule has 0 radical (unpaired) electrons. The highest BCUT2D eigenvalue weighted by molar-refractivity contribution is 6.02. The van der Waals surface area contributed by atoms with Gasteiger partial charge in [-0.1, -0.05) is 42.5 Å². The van der Waals surface area contributed by atoms with Gasteiger partial charge in [0.2, 0.25) is 0 Å². The Labute approximate surface area is 171 Å². The van der Waals surface area contributed by atoms with E-state index in [1.807, 2.05) is 30.3 Å². The maximum atomic E-state index is 12.9. The van der Waals surface area contributed by atoms with Crippen molar-refractivity contribution in [3.63, 3.8) is 0 Å². The summed E-state index contributed by atoms with van der Waals surface area (Å²) in [5.41, 5.74) is -0.791. The average molecular weight is 402 g/mol. The van der Waals surface area contributed by atoms with E-state index in [1.54, 1.807) is 39.8 Å². The van der Waals surface area contributed by atoms with E-state index >= 15 is 0 Å². The zero-order chi connectivity index (χ0) is 21.8. The normalized spacial score (nSPS) is 27.4. The van der Waals surface area contributed by atoms with Gasteiger partial charge in [0.1, 0.15) is 5.92 Å². The van der Waals surface area contributed by atoms with E-state index in [-0.39, 0.29) is 6.42 Å². The fraction of sp³-hybridized carbons (Fsp3) is 0.522. The molecule has 0 amide bonds. The number of hydrogen-bond acceptors (Lipinski definition) is 6. The lowest BCUT2D eigenvalue weighted by atomic mass is 9.63. The van der Waals surface area contributed by atoms with Crippen molar-refractivity contribution < 1.29 is 29.0 Å². The molecule has 0 heterocycles. The number of carbonyl (C=O) groups excluding carboxylic acids is 3. The second kappa shape index (κ2) is 9.35. The standard InChI is InChI=1S/C23H30O6/c1-14(2)28-21(25)19-17(12-11-16-9-7-6-8-10-16)20(22(26)29-15(3)4)23(5,27)13-18(19)24/h6-12,14-15,17,19-20,27H,13H2,1-5H3/b12-11+/t17-,19-,20-,23-/m0/s1.